The Kier molecular flexibility index (Phi) is 5.42. The average Bonchev–Trinajstić information content (AvgIpc) is 2.36. The molecule has 0 spiro atoms. The molecule has 1 aromatic rings. The molecule has 0 amide bonds. The van der Waals surface area contributed by atoms with Crippen molar-refractivity contribution in [3.05, 3.63) is 21.1 Å². The van der Waals surface area contributed by atoms with Crippen LogP contribution in [0.15, 0.2) is 0 Å². The Morgan fingerprint density at radius 3 is 2.43 bits per heavy atom. The van der Waals surface area contributed by atoms with Crippen molar-refractivity contribution in [3.63, 3.8) is 0 Å². The number of halogens is 1. The van der Waals surface area contributed by atoms with E-state index in [0.717, 1.165) is 0 Å². The van der Waals surface area contributed by atoms with Crippen molar-refractivity contribution in [2.75, 3.05) is 19.1 Å². The first-order chi connectivity index (χ1) is 9.70. The van der Waals surface area contributed by atoms with Gasteiger partial charge in [0.25, 0.3) is 0 Å². The standard InChI is InChI=1S/C12H17ClN4O4/c1-6(2)8(11(18)21-5)16(4)10-9(17(19)20)7(3)14-12(13)15-10/h6,8H,1-5H3. The summed E-state index contributed by atoms with van der Waals surface area (Å²) in [5.41, 5.74) is -0.148. The van der Waals surface area contributed by atoms with Crippen molar-refractivity contribution in [2.45, 2.75) is 26.8 Å². The topological polar surface area (TPSA) is 98.5 Å². The van der Waals surface area contributed by atoms with Crippen molar-refractivity contribution in [2.24, 2.45) is 5.92 Å². The molecule has 1 unspecified atom stereocenters. The van der Waals surface area contributed by atoms with Gasteiger partial charge in [-0.25, -0.2) is 9.78 Å². The zero-order valence-corrected chi connectivity index (χ0v) is 13.2. The molecule has 21 heavy (non-hydrogen) atoms. The van der Waals surface area contributed by atoms with Crippen molar-refractivity contribution in [3.8, 4) is 0 Å². The lowest BCUT2D eigenvalue weighted by molar-refractivity contribution is -0.385. The minimum atomic E-state index is -0.723. The lowest BCUT2D eigenvalue weighted by atomic mass is 10.0. The predicted molar refractivity (Wildman–Crippen MR) is 77.5 cm³/mol. The zero-order valence-electron chi connectivity index (χ0n) is 12.5. The normalized spacial score (nSPS) is 12.1. The molecule has 0 aromatic carbocycles. The van der Waals surface area contributed by atoms with Gasteiger partial charge in [0, 0.05) is 7.05 Å². The molecule has 0 radical (unpaired) electrons. The quantitative estimate of drug-likeness (QED) is 0.354. The molecule has 0 bridgehead atoms. The summed E-state index contributed by atoms with van der Waals surface area (Å²) in [5, 5.41) is 11.1. The molecule has 116 valence electrons. The number of nitrogens with zero attached hydrogens (tertiary/aromatic N) is 4. The molecular formula is C12H17ClN4O4. The van der Waals surface area contributed by atoms with E-state index in [-0.39, 0.29) is 28.4 Å². The molecule has 0 saturated carbocycles. The van der Waals surface area contributed by atoms with Crippen LogP contribution >= 0.6 is 11.6 Å². The van der Waals surface area contributed by atoms with Gasteiger partial charge in [-0.05, 0) is 24.4 Å². The second kappa shape index (κ2) is 6.66. The Balaban J connectivity index is 3.43. The lowest BCUT2D eigenvalue weighted by Gasteiger charge is -2.29. The molecule has 9 heteroatoms. The van der Waals surface area contributed by atoms with Crippen LogP contribution in [0.25, 0.3) is 0 Å². The van der Waals surface area contributed by atoms with E-state index >= 15 is 0 Å². The Labute approximate surface area is 127 Å². The van der Waals surface area contributed by atoms with Crippen molar-refractivity contribution in [1.82, 2.24) is 9.97 Å². The number of likely N-dealkylation sites (N-methyl/N-ethyl adjacent to an activating group) is 1. The maximum atomic E-state index is 11.9. The number of carbonyl (C=O) groups excluding carboxylic acids is 1. The minimum absolute atomic E-state index is 0.0124. The van der Waals surface area contributed by atoms with E-state index in [0.29, 0.717) is 0 Å². The number of esters is 1. The number of aryl methyl sites for hydroxylation is 1. The van der Waals surface area contributed by atoms with Crippen LogP contribution < -0.4 is 4.90 Å². The number of aromatic nitrogens is 2. The molecule has 0 aliphatic heterocycles. The molecule has 1 heterocycles. The van der Waals surface area contributed by atoms with Gasteiger partial charge in [-0.2, -0.15) is 4.98 Å². The fourth-order valence-electron chi connectivity index (χ4n) is 2.11. The third-order valence-corrected chi connectivity index (χ3v) is 3.19. The second-order valence-electron chi connectivity index (χ2n) is 4.83. The fourth-order valence-corrected chi connectivity index (χ4v) is 2.31. The van der Waals surface area contributed by atoms with Crippen LogP contribution in [0.3, 0.4) is 0 Å². The van der Waals surface area contributed by atoms with Crippen molar-refractivity contribution < 1.29 is 14.5 Å². The third-order valence-electron chi connectivity index (χ3n) is 3.02. The van der Waals surface area contributed by atoms with Crippen molar-refractivity contribution >= 4 is 29.1 Å². The van der Waals surface area contributed by atoms with Crippen LogP contribution in [0.4, 0.5) is 11.5 Å². The summed E-state index contributed by atoms with van der Waals surface area (Å²) < 4.78 is 4.75. The number of nitro groups is 1. The molecule has 0 aliphatic carbocycles. The first-order valence-electron chi connectivity index (χ1n) is 6.19. The number of anilines is 1. The molecule has 0 aliphatic rings. The molecule has 0 fully saturated rings. The summed E-state index contributed by atoms with van der Waals surface area (Å²) in [4.78, 5) is 31.6. The van der Waals surface area contributed by atoms with Crippen LogP contribution in [0.2, 0.25) is 5.28 Å². The highest BCUT2D eigenvalue weighted by Crippen LogP contribution is 2.31. The Morgan fingerprint density at radius 2 is 2.00 bits per heavy atom. The molecule has 1 atom stereocenters. The van der Waals surface area contributed by atoms with Gasteiger partial charge in [-0.1, -0.05) is 13.8 Å². The van der Waals surface area contributed by atoms with Crippen LogP contribution in [-0.4, -0.2) is 41.1 Å². The van der Waals surface area contributed by atoms with E-state index in [2.05, 4.69) is 9.97 Å². The number of carbonyl (C=O) groups is 1. The van der Waals surface area contributed by atoms with Crippen molar-refractivity contribution in [1.29, 1.82) is 0 Å². The van der Waals surface area contributed by atoms with Crippen LogP contribution in [0, 0.1) is 23.0 Å². The van der Waals surface area contributed by atoms with Crippen LogP contribution in [0.1, 0.15) is 19.5 Å². The summed E-state index contributed by atoms with van der Waals surface area (Å²) >= 11 is 5.78. The number of methoxy groups -OCH3 is 1. The van der Waals surface area contributed by atoms with Gasteiger partial charge in [-0.15, -0.1) is 0 Å². The van der Waals surface area contributed by atoms with E-state index in [4.69, 9.17) is 16.3 Å². The van der Waals surface area contributed by atoms with Gasteiger partial charge in [0.15, 0.2) is 0 Å². The SMILES string of the molecule is COC(=O)C(C(C)C)N(C)c1nc(Cl)nc(C)c1[N+](=O)[O-]. The smallest absolute Gasteiger partial charge is 0.332 e. The molecule has 8 nitrogen and oxygen atoms in total. The highest BCUT2D eigenvalue weighted by molar-refractivity contribution is 6.28. The first kappa shape index (κ1) is 17.1. The van der Waals surface area contributed by atoms with E-state index in [1.807, 2.05) is 0 Å². The monoisotopic (exact) mass is 316 g/mol. The predicted octanol–water partition coefficient (Wildman–Crippen LogP) is 1.98. The van der Waals surface area contributed by atoms with Gasteiger partial charge < -0.3 is 9.64 Å². The number of hydrogen-bond donors (Lipinski definition) is 0. The minimum Gasteiger partial charge on any atom is -0.467 e. The second-order valence-corrected chi connectivity index (χ2v) is 5.17. The highest BCUT2D eigenvalue weighted by Gasteiger charge is 2.34. The summed E-state index contributed by atoms with van der Waals surface area (Å²) in [7, 11) is 2.80. The van der Waals surface area contributed by atoms with Crippen LogP contribution in [-0.2, 0) is 9.53 Å². The first-order valence-corrected chi connectivity index (χ1v) is 6.57. The maximum absolute atomic E-state index is 11.9. The Hall–Kier alpha value is -1.96. The number of rotatable bonds is 5. The molecule has 0 N–H and O–H groups in total. The fraction of sp³-hybridized carbons (Fsp3) is 0.583. The Morgan fingerprint density at radius 1 is 1.43 bits per heavy atom. The van der Waals surface area contributed by atoms with Gasteiger partial charge >= 0.3 is 11.7 Å². The van der Waals surface area contributed by atoms with E-state index in [1.165, 1.54) is 26.0 Å². The summed E-state index contributed by atoms with van der Waals surface area (Å²) in [6.45, 7) is 5.07. The highest BCUT2D eigenvalue weighted by atomic mass is 35.5. The summed E-state index contributed by atoms with van der Waals surface area (Å²) in [6.07, 6.45) is 0. The Bertz CT molecular complexity index is 564. The van der Waals surface area contributed by atoms with E-state index in [1.54, 1.807) is 13.8 Å². The zero-order chi connectivity index (χ0) is 16.3. The number of hydrogen-bond acceptors (Lipinski definition) is 7. The average molecular weight is 317 g/mol. The van der Waals surface area contributed by atoms with Gasteiger partial charge in [0.1, 0.15) is 11.7 Å². The number of ether oxygens (including phenoxy) is 1. The van der Waals surface area contributed by atoms with E-state index in [9.17, 15) is 14.9 Å². The van der Waals surface area contributed by atoms with E-state index < -0.39 is 16.9 Å². The molecule has 1 aromatic heterocycles. The van der Waals surface area contributed by atoms with Gasteiger partial charge in [0.05, 0.1) is 12.0 Å². The molecule has 1 rings (SSSR count). The molecular weight excluding hydrogens is 300 g/mol. The maximum Gasteiger partial charge on any atom is 0.332 e. The van der Waals surface area contributed by atoms with Gasteiger partial charge in [0.2, 0.25) is 11.1 Å². The molecule has 0 saturated heterocycles. The third kappa shape index (κ3) is 3.57. The summed E-state index contributed by atoms with van der Waals surface area (Å²) in [6, 6.07) is -0.723. The van der Waals surface area contributed by atoms with Crippen LogP contribution in [0.5, 0.6) is 0 Å². The van der Waals surface area contributed by atoms with Gasteiger partial charge in [-0.3, -0.25) is 10.1 Å². The lowest BCUT2D eigenvalue weighted by Crippen LogP contribution is -2.44. The summed E-state index contributed by atoms with van der Waals surface area (Å²) in [5.74, 6) is -0.660. The largest absolute Gasteiger partial charge is 0.467 e.